The smallest absolute Gasteiger partial charge is 0.259 e. The Balaban J connectivity index is 2.14. The van der Waals surface area contributed by atoms with E-state index in [1.54, 1.807) is 7.05 Å². The molecule has 1 aromatic carbocycles. The summed E-state index contributed by atoms with van der Waals surface area (Å²) in [4.78, 5) is 12.4. The molecule has 112 valence electrons. The largest absolute Gasteiger partial charge is 0.387 e. The van der Waals surface area contributed by atoms with Crippen molar-refractivity contribution in [3.8, 4) is 0 Å². The number of rotatable bonds is 5. The lowest BCUT2D eigenvalue weighted by Gasteiger charge is -2.09. The molecule has 2 N–H and O–H groups in total. The lowest BCUT2D eigenvalue weighted by molar-refractivity contribution is 0.102. The molecule has 1 heterocycles. The number of hydrogen-bond donors (Lipinski definition) is 2. The molecule has 1 aromatic heterocycles. The Morgan fingerprint density at radius 2 is 2.10 bits per heavy atom. The molecule has 6 heteroatoms. The number of aromatic nitrogens is 2. The van der Waals surface area contributed by atoms with Gasteiger partial charge in [0.2, 0.25) is 5.13 Å². The molecule has 1 amide bonds. The number of anilines is 2. The zero-order valence-electron chi connectivity index (χ0n) is 12.7. The summed E-state index contributed by atoms with van der Waals surface area (Å²) in [5, 5.41) is 15.5. The van der Waals surface area contributed by atoms with E-state index in [0.29, 0.717) is 16.6 Å². The lowest BCUT2D eigenvalue weighted by atomic mass is 10.1. The number of benzene rings is 1. The van der Waals surface area contributed by atoms with Crippen LogP contribution in [0.3, 0.4) is 0 Å². The molecule has 5 nitrogen and oxygen atoms in total. The monoisotopic (exact) mass is 304 g/mol. The summed E-state index contributed by atoms with van der Waals surface area (Å²) in [6, 6.07) is 5.72. The van der Waals surface area contributed by atoms with E-state index in [9.17, 15) is 4.79 Å². The van der Waals surface area contributed by atoms with Crippen LogP contribution in [0.1, 0.15) is 34.8 Å². The highest BCUT2D eigenvalue weighted by molar-refractivity contribution is 7.15. The second-order valence-electron chi connectivity index (χ2n) is 5.35. The highest BCUT2D eigenvalue weighted by Crippen LogP contribution is 2.22. The minimum absolute atomic E-state index is 0.171. The zero-order chi connectivity index (χ0) is 15.4. The van der Waals surface area contributed by atoms with Gasteiger partial charge in [-0.2, -0.15) is 0 Å². The molecular formula is C15H20N4OS. The SMILES string of the molecule is CNc1ccc(C)cc1C(=O)Nc1nnc(CC(C)C)s1. The van der Waals surface area contributed by atoms with E-state index in [0.717, 1.165) is 22.7 Å². The van der Waals surface area contributed by atoms with Crippen molar-refractivity contribution in [1.82, 2.24) is 10.2 Å². The van der Waals surface area contributed by atoms with Crippen molar-refractivity contribution in [2.45, 2.75) is 27.2 Å². The van der Waals surface area contributed by atoms with Crippen LogP contribution in [-0.4, -0.2) is 23.2 Å². The molecule has 2 rings (SSSR count). The number of amides is 1. The first-order chi connectivity index (χ1) is 9.99. The van der Waals surface area contributed by atoms with Gasteiger partial charge in [-0.25, -0.2) is 0 Å². The maximum atomic E-state index is 12.4. The van der Waals surface area contributed by atoms with Crippen LogP contribution in [-0.2, 0) is 6.42 Å². The van der Waals surface area contributed by atoms with Gasteiger partial charge in [0.1, 0.15) is 5.01 Å². The third-order valence-corrected chi connectivity index (χ3v) is 3.82. The van der Waals surface area contributed by atoms with E-state index in [-0.39, 0.29) is 5.91 Å². The molecule has 0 aliphatic carbocycles. The van der Waals surface area contributed by atoms with Crippen LogP contribution in [0.4, 0.5) is 10.8 Å². The van der Waals surface area contributed by atoms with E-state index in [2.05, 4.69) is 34.7 Å². The van der Waals surface area contributed by atoms with Crippen molar-refractivity contribution in [3.05, 3.63) is 34.3 Å². The van der Waals surface area contributed by atoms with Crippen molar-refractivity contribution in [2.24, 2.45) is 5.92 Å². The van der Waals surface area contributed by atoms with E-state index in [1.807, 2.05) is 25.1 Å². The fraction of sp³-hybridized carbons (Fsp3) is 0.400. The maximum absolute atomic E-state index is 12.4. The Kier molecular flexibility index (Phi) is 4.90. The van der Waals surface area contributed by atoms with Crippen LogP contribution in [0.15, 0.2) is 18.2 Å². The number of nitrogens with one attached hydrogen (secondary N) is 2. The predicted octanol–water partition coefficient (Wildman–Crippen LogP) is 3.34. The third-order valence-electron chi connectivity index (χ3n) is 2.96. The topological polar surface area (TPSA) is 66.9 Å². The van der Waals surface area contributed by atoms with Crippen molar-refractivity contribution >= 4 is 28.1 Å². The standard InChI is InChI=1S/C15H20N4OS/c1-9(2)7-13-18-19-15(21-13)17-14(20)11-8-10(3)5-6-12(11)16-4/h5-6,8-9,16H,7H2,1-4H3,(H,17,19,20). The number of aryl methyl sites for hydroxylation is 1. The molecule has 0 spiro atoms. The lowest BCUT2D eigenvalue weighted by Crippen LogP contribution is -2.14. The Labute approximate surface area is 128 Å². The molecule has 0 aliphatic rings. The van der Waals surface area contributed by atoms with Crippen molar-refractivity contribution in [3.63, 3.8) is 0 Å². The zero-order valence-corrected chi connectivity index (χ0v) is 13.5. The Bertz CT molecular complexity index is 636. The van der Waals surface area contributed by atoms with Gasteiger partial charge >= 0.3 is 0 Å². The molecule has 0 atom stereocenters. The molecule has 0 fully saturated rings. The molecule has 0 radical (unpaired) electrons. The van der Waals surface area contributed by atoms with Gasteiger partial charge in [-0.15, -0.1) is 10.2 Å². The van der Waals surface area contributed by atoms with Crippen molar-refractivity contribution in [1.29, 1.82) is 0 Å². The molecule has 0 aliphatic heterocycles. The van der Waals surface area contributed by atoms with Crippen molar-refractivity contribution < 1.29 is 4.79 Å². The predicted molar refractivity (Wildman–Crippen MR) is 87.1 cm³/mol. The van der Waals surface area contributed by atoms with Gasteiger partial charge in [-0.05, 0) is 25.0 Å². The van der Waals surface area contributed by atoms with E-state index >= 15 is 0 Å². The quantitative estimate of drug-likeness (QED) is 0.889. The van der Waals surface area contributed by atoms with Gasteiger partial charge in [0.15, 0.2) is 0 Å². The first kappa shape index (κ1) is 15.4. The average Bonchev–Trinajstić information content (AvgIpc) is 2.85. The van der Waals surface area contributed by atoms with E-state index in [4.69, 9.17) is 0 Å². The highest BCUT2D eigenvalue weighted by Gasteiger charge is 2.14. The number of nitrogens with zero attached hydrogens (tertiary/aromatic N) is 2. The molecular weight excluding hydrogens is 284 g/mol. The Hall–Kier alpha value is -1.95. The molecule has 2 aromatic rings. The van der Waals surface area contributed by atoms with Gasteiger partial charge < -0.3 is 5.32 Å². The van der Waals surface area contributed by atoms with Crippen molar-refractivity contribution in [2.75, 3.05) is 17.7 Å². The highest BCUT2D eigenvalue weighted by atomic mass is 32.1. The minimum Gasteiger partial charge on any atom is -0.387 e. The minimum atomic E-state index is -0.171. The summed E-state index contributed by atoms with van der Waals surface area (Å²) in [7, 11) is 1.80. The first-order valence-electron chi connectivity index (χ1n) is 6.91. The van der Waals surface area contributed by atoms with Crippen LogP contribution < -0.4 is 10.6 Å². The van der Waals surface area contributed by atoms with Gasteiger partial charge in [0, 0.05) is 19.2 Å². The fourth-order valence-corrected chi connectivity index (χ4v) is 2.91. The summed E-state index contributed by atoms with van der Waals surface area (Å²) in [6.45, 7) is 6.22. The summed E-state index contributed by atoms with van der Waals surface area (Å²) in [6.07, 6.45) is 0.875. The van der Waals surface area contributed by atoms with Gasteiger partial charge in [0.25, 0.3) is 5.91 Å². The molecule has 0 bridgehead atoms. The third kappa shape index (κ3) is 4.01. The van der Waals surface area contributed by atoms with E-state index < -0.39 is 0 Å². The molecule has 0 saturated carbocycles. The Morgan fingerprint density at radius 1 is 1.33 bits per heavy atom. The van der Waals surface area contributed by atoms with Gasteiger partial charge in [0.05, 0.1) is 5.56 Å². The van der Waals surface area contributed by atoms with Gasteiger partial charge in [-0.3, -0.25) is 10.1 Å². The second kappa shape index (κ2) is 6.67. The van der Waals surface area contributed by atoms with Gasteiger partial charge in [-0.1, -0.05) is 36.8 Å². The molecule has 21 heavy (non-hydrogen) atoms. The fourth-order valence-electron chi connectivity index (χ4n) is 1.96. The summed E-state index contributed by atoms with van der Waals surface area (Å²) >= 11 is 1.43. The first-order valence-corrected chi connectivity index (χ1v) is 7.73. The van der Waals surface area contributed by atoms with Crippen LogP contribution in [0, 0.1) is 12.8 Å². The number of hydrogen-bond acceptors (Lipinski definition) is 5. The van der Waals surface area contributed by atoms with Crippen LogP contribution in [0.25, 0.3) is 0 Å². The number of carbonyl (C=O) groups is 1. The molecule has 0 unspecified atom stereocenters. The summed E-state index contributed by atoms with van der Waals surface area (Å²) < 4.78 is 0. The second-order valence-corrected chi connectivity index (χ2v) is 6.41. The Morgan fingerprint density at radius 3 is 2.76 bits per heavy atom. The maximum Gasteiger partial charge on any atom is 0.259 e. The normalized spacial score (nSPS) is 10.7. The van der Waals surface area contributed by atoms with Crippen LogP contribution >= 0.6 is 11.3 Å². The van der Waals surface area contributed by atoms with Crippen LogP contribution in [0.5, 0.6) is 0 Å². The van der Waals surface area contributed by atoms with E-state index in [1.165, 1.54) is 11.3 Å². The average molecular weight is 304 g/mol. The summed E-state index contributed by atoms with van der Waals surface area (Å²) in [5.74, 6) is 0.351. The number of carbonyl (C=O) groups excluding carboxylic acids is 1. The summed E-state index contributed by atoms with van der Waals surface area (Å²) in [5.41, 5.74) is 2.44. The molecule has 0 saturated heterocycles. The van der Waals surface area contributed by atoms with Crippen LogP contribution in [0.2, 0.25) is 0 Å².